The summed E-state index contributed by atoms with van der Waals surface area (Å²) < 4.78 is 18.9. The van der Waals surface area contributed by atoms with E-state index >= 15 is 0 Å². The van der Waals surface area contributed by atoms with Crippen LogP contribution in [0, 0.1) is 5.82 Å². The van der Waals surface area contributed by atoms with Crippen molar-refractivity contribution in [3.05, 3.63) is 64.4 Å². The summed E-state index contributed by atoms with van der Waals surface area (Å²) in [6, 6.07) is 12.3. The molecular weight excluding hydrogens is 395 g/mol. The van der Waals surface area contributed by atoms with Gasteiger partial charge in [-0.25, -0.2) is 4.39 Å². The zero-order chi connectivity index (χ0) is 18.2. The second-order valence-corrected chi connectivity index (χ2v) is 5.71. The van der Waals surface area contributed by atoms with Crippen molar-refractivity contribution < 1.29 is 23.5 Å². The summed E-state index contributed by atoms with van der Waals surface area (Å²) >= 11 is 3.27. The van der Waals surface area contributed by atoms with Crippen LogP contribution in [0.25, 0.3) is 0 Å². The van der Waals surface area contributed by atoms with Gasteiger partial charge >= 0.3 is 5.97 Å². The molecule has 0 aliphatic carbocycles. The van der Waals surface area contributed by atoms with Crippen molar-refractivity contribution in [3.63, 3.8) is 0 Å². The molecule has 6 nitrogen and oxygen atoms in total. The minimum absolute atomic E-state index is 0.179. The molecule has 0 saturated heterocycles. The predicted octanol–water partition coefficient (Wildman–Crippen LogP) is 2.50. The second-order valence-electron chi connectivity index (χ2n) is 4.85. The first kappa shape index (κ1) is 18.6. The molecule has 0 heterocycles. The van der Waals surface area contributed by atoms with Crippen LogP contribution in [0.1, 0.15) is 10.4 Å². The van der Waals surface area contributed by atoms with Gasteiger partial charge in [0.05, 0.1) is 11.3 Å². The second kappa shape index (κ2) is 8.93. The molecule has 0 spiro atoms. The normalized spacial score (nSPS) is 10.0. The Morgan fingerprint density at radius 1 is 1.04 bits per heavy atom. The van der Waals surface area contributed by atoms with Crippen molar-refractivity contribution in [2.45, 2.75) is 0 Å². The summed E-state index contributed by atoms with van der Waals surface area (Å²) in [5.74, 6) is -2.78. The number of carbonyl (C=O) groups is 3. The van der Waals surface area contributed by atoms with Crippen LogP contribution in [0.15, 0.2) is 53.0 Å². The van der Waals surface area contributed by atoms with Crippen LogP contribution in [0.4, 0.5) is 10.1 Å². The Balaban J connectivity index is 1.75. The molecule has 0 bridgehead atoms. The van der Waals surface area contributed by atoms with Crippen LogP contribution < -0.4 is 10.6 Å². The third kappa shape index (κ3) is 5.68. The number of halogens is 2. The van der Waals surface area contributed by atoms with Crippen molar-refractivity contribution >= 4 is 39.4 Å². The highest BCUT2D eigenvalue weighted by atomic mass is 79.9. The molecule has 2 aromatic carbocycles. The van der Waals surface area contributed by atoms with Crippen LogP contribution in [0.5, 0.6) is 0 Å². The van der Waals surface area contributed by atoms with Gasteiger partial charge in [-0.15, -0.1) is 0 Å². The van der Waals surface area contributed by atoms with Crippen molar-refractivity contribution in [3.8, 4) is 0 Å². The lowest BCUT2D eigenvalue weighted by Gasteiger charge is -2.09. The van der Waals surface area contributed by atoms with Crippen molar-refractivity contribution in [1.82, 2.24) is 5.32 Å². The molecule has 2 aromatic rings. The first-order chi connectivity index (χ1) is 12.0. The van der Waals surface area contributed by atoms with Crippen molar-refractivity contribution in [2.24, 2.45) is 0 Å². The van der Waals surface area contributed by atoms with E-state index in [1.54, 1.807) is 24.3 Å². The van der Waals surface area contributed by atoms with Gasteiger partial charge < -0.3 is 15.4 Å². The smallest absolute Gasteiger partial charge is 0.325 e. The largest absolute Gasteiger partial charge is 0.454 e. The highest BCUT2D eigenvalue weighted by Gasteiger charge is 2.13. The number of hydrogen-bond acceptors (Lipinski definition) is 4. The summed E-state index contributed by atoms with van der Waals surface area (Å²) in [5, 5.41) is 4.79. The van der Waals surface area contributed by atoms with E-state index in [0.717, 1.165) is 6.07 Å². The number of rotatable bonds is 6. The van der Waals surface area contributed by atoms with Gasteiger partial charge in [0, 0.05) is 4.47 Å². The average molecular weight is 409 g/mol. The Kier molecular flexibility index (Phi) is 6.64. The fraction of sp³-hybridized carbons (Fsp3) is 0.118. The Bertz CT molecular complexity index is 798. The molecule has 2 amide bonds. The van der Waals surface area contributed by atoms with Gasteiger partial charge in [0.2, 0.25) is 0 Å². The van der Waals surface area contributed by atoms with Crippen LogP contribution >= 0.6 is 15.9 Å². The molecule has 0 aliphatic heterocycles. The summed E-state index contributed by atoms with van der Waals surface area (Å²) in [5.41, 5.74) is 0.360. The Hall–Kier alpha value is -2.74. The molecule has 25 heavy (non-hydrogen) atoms. The first-order valence-electron chi connectivity index (χ1n) is 7.20. The Morgan fingerprint density at radius 3 is 2.44 bits per heavy atom. The number of carbonyl (C=O) groups excluding carboxylic acids is 3. The molecule has 2 rings (SSSR count). The van der Waals surface area contributed by atoms with Gasteiger partial charge in [-0.2, -0.15) is 0 Å². The number of esters is 1. The van der Waals surface area contributed by atoms with Crippen molar-refractivity contribution in [2.75, 3.05) is 18.5 Å². The minimum atomic E-state index is -0.813. The Labute approximate surface area is 151 Å². The number of amides is 2. The molecule has 0 radical (unpaired) electrons. The molecule has 0 unspecified atom stereocenters. The van der Waals surface area contributed by atoms with E-state index in [1.807, 2.05) is 0 Å². The maximum absolute atomic E-state index is 13.4. The average Bonchev–Trinajstić information content (AvgIpc) is 2.60. The van der Waals surface area contributed by atoms with Crippen LogP contribution in [-0.2, 0) is 14.3 Å². The van der Waals surface area contributed by atoms with E-state index < -0.39 is 36.8 Å². The standard InChI is InChI=1S/C17H14BrFN2O4/c18-12-6-2-4-8-14(12)21-15(22)10-25-16(23)9-20-17(24)11-5-1-3-7-13(11)19/h1-8H,9-10H2,(H,20,24)(H,21,22). The van der Waals surface area contributed by atoms with Crippen LogP contribution in [0.3, 0.4) is 0 Å². The van der Waals surface area contributed by atoms with Gasteiger partial charge in [-0.05, 0) is 40.2 Å². The number of para-hydroxylation sites is 1. The highest BCUT2D eigenvalue weighted by Crippen LogP contribution is 2.20. The molecular formula is C17H14BrFN2O4. The van der Waals surface area contributed by atoms with E-state index in [2.05, 4.69) is 26.6 Å². The molecule has 0 fully saturated rings. The predicted molar refractivity (Wildman–Crippen MR) is 92.5 cm³/mol. The zero-order valence-corrected chi connectivity index (χ0v) is 14.5. The topological polar surface area (TPSA) is 84.5 Å². The molecule has 0 atom stereocenters. The van der Waals surface area contributed by atoms with E-state index in [9.17, 15) is 18.8 Å². The lowest BCUT2D eigenvalue weighted by molar-refractivity contribution is -0.146. The first-order valence-corrected chi connectivity index (χ1v) is 7.99. The summed E-state index contributed by atoms with van der Waals surface area (Å²) in [6.07, 6.45) is 0. The van der Waals surface area contributed by atoms with E-state index in [1.165, 1.54) is 18.2 Å². The molecule has 8 heteroatoms. The quantitative estimate of drug-likeness (QED) is 0.719. The summed E-state index contributed by atoms with van der Waals surface area (Å²) in [6.45, 7) is -0.981. The Morgan fingerprint density at radius 2 is 1.72 bits per heavy atom. The molecule has 0 saturated carbocycles. The van der Waals surface area contributed by atoms with Crippen LogP contribution in [-0.4, -0.2) is 30.9 Å². The number of ether oxygens (including phenoxy) is 1. The fourth-order valence-corrected chi connectivity index (χ4v) is 2.22. The van der Waals surface area contributed by atoms with Crippen molar-refractivity contribution in [1.29, 1.82) is 0 Å². The van der Waals surface area contributed by atoms with Gasteiger partial charge in [-0.3, -0.25) is 14.4 Å². The SMILES string of the molecule is O=C(COC(=O)CNC(=O)c1ccccc1F)Nc1ccccc1Br. The van der Waals surface area contributed by atoms with E-state index in [4.69, 9.17) is 4.74 Å². The monoisotopic (exact) mass is 408 g/mol. The van der Waals surface area contributed by atoms with Gasteiger partial charge in [-0.1, -0.05) is 24.3 Å². The highest BCUT2D eigenvalue weighted by molar-refractivity contribution is 9.10. The maximum Gasteiger partial charge on any atom is 0.325 e. The molecule has 130 valence electrons. The molecule has 2 N–H and O–H groups in total. The number of anilines is 1. The van der Waals surface area contributed by atoms with Crippen LogP contribution in [0.2, 0.25) is 0 Å². The van der Waals surface area contributed by atoms with Gasteiger partial charge in [0.25, 0.3) is 11.8 Å². The number of hydrogen-bond donors (Lipinski definition) is 2. The van der Waals surface area contributed by atoms with E-state index in [-0.39, 0.29) is 5.56 Å². The maximum atomic E-state index is 13.4. The lowest BCUT2D eigenvalue weighted by Crippen LogP contribution is -2.32. The molecule has 0 aromatic heterocycles. The molecule has 0 aliphatic rings. The zero-order valence-electron chi connectivity index (χ0n) is 12.9. The minimum Gasteiger partial charge on any atom is -0.454 e. The summed E-state index contributed by atoms with van der Waals surface area (Å²) in [7, 11) is 0. The lowest BCUT2D eigenvalue weighted by atomic mass is 10.2. The third-order valence-electron chi connectivity index (χ3n) is 3.02. The summed E-state index contributed by atoms with van der Waals surface area (Å²) in [4.78, 5) is 35.0. The van der Waals surface area contributed by atoms with Gasteiger partial charge in [0.1, 0.15) is 12.4 Å². The number of nitrogens with one attached hydrogen (secondary N) is 2. The number of benzene rings is 2. The third-order valence-corrected chi connectivity index (χ3v) is 3.72. The van der Waals surface area contributed by atoms with Gasteiger partial charge in [0.15, 0.2) is 6.61 Å². The van der Waals surface area contributed by atoms with E-state index in [0.29, 0.717) is 10.2 Å². The fourth-order valence-electron chi connectivity index (χ4n) is 1.84.